The molecule has 2 aromatic rings. The van der Waals surface area contributed by atoms with Gasteiger partial charge >= 0.3 is 0 Å². The van der Waals surface area contributed by atoms with Crippen molar-refractivity contribution in [2.75, 3.05) is 11.9 Å². The van der Waals surface area contributed by atoms with E-state index in [1.54, 1.807) is 12.1 Å². The normalized spacial score (nSPS) is 14.0. The van der Waals surface area contributed by atoms with Gasteiger partial charge in [0.15, 0.2) is 0 Å². The van der Waals surface area contributed by atoms with Gasteiger partial charge in [-0.2, -0.15) is 0 Å². The Hall–Kier alpha value is -1.72. The molecule has 23 heavy (non-hydrogen) atoms. The van der Waals surface area contributed by atoms with Crippen LogP contribution in [0.2, 0.25) is 0 Å². The monoisotopic (exact) mass is 376 g/mol. The van der Waals surface area contributed by atoms with E-state index in [4.69, 9.17) is 0 Å². The molecule has 0 spiro atoms. The Labute approximate surface area is 143 Å². The van der Waals surface area contributed by atoms with Crippen molar-refractivity contribution < 1.29 is 9.18 Å². The molecule has 1 amide bonds. The fraction of sp³-hybridized carbons (Fsp3) is 0.278. The number of benzene rings is 2. The van der Waals surface area contributed by atoms with Gasteiger partial charge in [-0.05, 0) is 47.0 Å². The van der Waals surface area contributed by atoms with Crippen LogP contribution in [0.3, 0.4) is 0 Å². The van der Waals surface area contributed by atoms with Gasteiger partial charge in [-0.15, -0.1) is 0 Å². The zero-order valence-electron chi connectivity index (χ0n) is 12.6. The van der Waals surface area contributed by atoms with Crippen LogP contribution in [-0.2, 0) is 11.3 Å². The topological polar surface area (TPSA) is 32.3 Å². The molecule has 3 rings (SSSR count). The highest BCUT2D eigenvalue weighted by Gasteiger charge is 2.30. The minimum atomic E-state index is -0.218. The van der Waals surface area contributed by atoms with Crippen LogP contribution in [0.4, 0.5) is 10.1 Å². The maximum Gasteiger partial charge on any atom is 0.238 e. The number of anilines is 1. The van der Waals surface area contributed by atoms with Crippen LogP contribution in [0.25, 0.3) is 0 Å². The van der Waals surface area contributed by atoms with E-state index in [1.165, 1.54) is 6.07 Å². The fourth-order valence-electron chi connectivity index (χ4n) is 2.54. The predicted octanol–water partition coefficient (Wildman–Crippen LogP) is 4.19. The van der Waals surface area contributed by atoms with E-state index < -0.39 is 0 Å². The molecule has 0 aromatic heterocycles. The molecule has 0 aliphatic heterocycles. The molecule has 0 unspecified atom stereocenters. The lowest BCUT2D eigenvalue weighted by Crippen LogP contribution is -2.34. The van der Waals surface area contributed by atoms with Gasteiger partial charge in [-0.3, -0.25) is 9.69 Å². The highest BCUT2D eigenvalue weighted by molar-refractivity contribution is 9.10. The molecular weight excluding hydrogens is 359 g/mol. The Kier molecular flexibility index (Phi) is 5.08. The Morgan fingerprint density at radius 3 is 2.57 bits per heavy atom. The first-order valence-corrected chi connectivity index (χ1v) is 8.44. The molecular formula is C18H18BrFN2O. The molecule has 1 aliphatic carbocycles. The lowest BCUT2D eigenvalue weighted by molar-refractivity contribution is -0.117. The minimum Gasteiger partial charge on any atom is -0.324 e. The standard InChI is InChI=1S/C18H18BrFN2O/c19-15-6-2-4-8-17(15)21-18(23)12-22(14-9-10-14)11-13-5-1-3-7-16(13)20/h1-8,14H,9-12H2,(H,21,23). The molecule has 0 heterocycles. The summed E-state index contributed by atoms with van der Waals surface area (Å²) in [7, 11) is 0. The van der Waals surface area contributed by atoms with Gasteiger partial charge in [0.2, 0.25) is 5.91 Å². The first-order valence-electron chi connectivity index (χ1n) is 7.65. The third-order valence-corrected chi connectivity index (χ3v) is 4.58. The number of halogens is 2. The number of rotatable bonds is 6. The molecule has 1 fully saturated rings. The molecule has 0 saturated heterocycles. The third kappa shape index (κ3) is 4.39. The summed E-state index contributed by atoms with van der Waals surface area (Å²) < 4.78 is 14.7. The van der Waals surface area contributed by atoms with Gasteiger partial charge in [-0.25, -0.2) is 4.39 Å². The van der Waals surface area contributed by atoms with E-state index in [9.17, 15) is 9.18 Å². The van der Waals surface area contributed by atoms with E-state index in [0.29, 0.717) is 18.2 Å². The van der Waals surface area contributed by atoms with Crippen LogP contribution in [0, 0.1) is 5.82 Å². The fourth-order valence-corrected chi connectivity index (χ4v) is 2.92. The molecule has 2 aromatic carbocycles. The van der Waals surface area contributed by atoms with E-state index in [2.05, 4.69) is 21.2 Å². The maximum absolute atomic E-state index is 13.8. The highest BCUT2D eigenvalue weighted by atomic mass is 79.9. The smallest absolute Gasteiger partial charge is 0.238 e. The summed E-state index contributed by atoms with van der Waals surface area (Å²) in [6.45, 7) is 0.723. The van der Waals surface area contributed by atoms with Crippen LogP contribution in [0.15, 0.2) is 53.0 Å². The van der Waals surface area contributed by atoms with Crippen molar-refractivity contribution in [2.45, 2.75) is 25.4 Å². The molecule has 3 nitrogen and oxygen atoms in total. The van der Waals surface area contributed by atoms with Gasteiger partial charge < -0.3 is 5.32 Å². The van der Waals surface area contributed by atoms with Gasteiger partial charge in [0.05, 0.1) is 12.2 Å². The van der Waals surface area contributed by atoms with Crippen molar-refractivity contribution in [2.24, 2.45) is 0 Å². The van der Waals surface area contributed by atoms with Gasteiger partial charge in [0.1, 0.15) is 5.82 Å². The summed E-state index contributed by atoms with van der Waals surface area (Å²) in [5.74, 6) is -0.301. The van der Waals surface area contributed by atoms with Crippen molar-refractivity contribution >= 4 is 27.5 Å². The molecule has 1 saturated carbocycles. The van der Waals surface area contributed by atoms with Gasteiger partial charge in [-0.1, -0.05) is 30.3 Å². The van der Waals surface area contributed by atoms with Crippen molar-refractivity contribution in [1.29, 1.82) is 0 Å². The second-order valence-electron chi connectivity index (χ2n) is 5.76. The van der Waals surface area contributed by atoms with Crippen molar-refractivity contribution in [1.82, 2.24) is 4.90 Å². The lowest BCUT2D eigenvalue weighted by atomic mass is 10.2. The number of hydrogen-bond acceptors (Lipinski definition) is 2. The Balaban J connectivity index is 1.65. The lowest BCUT2D eigenvalue weighted by Gasteiger charge is -2.22. The summed E-state index contributed by atoms with van der Waals surface area (Å²) in [4.78, 5) is 14.4. The SMILES string of the molecule is O=C(CN(Cc1ccccc1F)C1CC1)Nc1ccccc1Br. The number of nitrogens with zero attached hydrogens (tertiary/aromatic N) is 1. The molecule has 0 atom stereocenters. The average molecular weight is 377 g/mol. The van der Waals surface area contributed by atoms with Crippen LogP contribution < -0.4 is 5.32 Å². The molecule has 5 heteroatoms. The van der Waals surface area contributed by atoms with Crippen molar-refractivity contribution in [3.8, 4) is 0 Å². The Morgan fingerprint density at radius 2 is 1.87 bits per heavy atom. The maximum atomic E-state index is 13.8. The Bertz CT molecular complexity index is 703. The zero-order valence-corrected chi connectivity index (χ0v) is 14.2. The van der Waals surface area contributed by atoms with Crippen molar-refractivity contribution in [3.05, 3.63) is 64.4 Å². The zero-order chi connectivity index (χ0) is 16.2. The van der Waals surface area contributed by atoms with Crippen LogP contribution in [0.5, 0.6) is 0 Å². The summed E-state index contributed by atoms with van der Waals surface area (Å²) in [5.41, 5.74) is 1.38. The summed E-state index contributed by atoms with van der Waals surface area (Å²) in [5, 5.41) is 2.90. The van der Waals surface area contributed by atoms with Crippen LogP contribution in [-0.4, -0.2) is 23.4 Å². The van der Waals surface area contributed by atoms with E-state index in [-0.39, 0.29) is 18.3 Å². The largest absolute Gasteiger partial charge is 0.324 e. The molecule has 0 bridgehead atoms. The number of para-hydroxylation sites is 1. The first-order chi connectivity index (χ1) is 11.1. The summed E-state index contributed by atoms with van der Waals surface area (Å²) >= 11 is 3.42. The van der Waals surface area contributed by atoms with Gasteiger partial charge in [0, 0.05) is 22.6 Å². The molecule has 120 valence electrons. The predicted molar refractivity (Wildman–Crippen MR) is 92.6 cm³/mol. The highest BCUT2D eigenvalue weighted by Crippen LogP contribution is 2.29. The number of hydrogen-bond donors (Lipinski definition) is 1. The van der Waals surface area contributed by atoms with Crippen LogP contribution in [0.1, 0.15) is 18.4 Å². The van der Waals surface area contributed by atoms with E-state index in [0.717, 1.165) is 23.0 Å². The minimum absolute atomic E-state index is 0.0832. The van der Waals surface area contributed by atoms with E-state index >= 15 is 0 Å². The number of nitrogens with one attached hydrogen (secondary N) is 1. The summed E-state index contributed by atoms with van der Waals surface area (Å²) in [6.07, 6.45) is 2.13. The second-order valence-corrected chi connectivity index (χ2v) is 6.61. The van der Waals surface area contributed by atoms with Crippen molar-refractivity contribution in [3.63, 3.8) is 0 Å². The average Bonchev–Trinajstić information content (AvgIpc) is 3.36. The summed E-state index contributed by atoms with van der Waals surface area (Å²) in [6, 6.07) is 14.6. The third-order valence-electron chi connectivity index (χ3n) is 3.89. The van der Waals surface area contributed by atoms with E-state index in [1.807, 2.05) is 35.2 Å². The number of carbonyl (C=O) groups excluding carboxylic acids is 1. The van der Waals surface area contributed by atoms with Gasteiger partial charge in [0.25, 0.3) is 0 Å². The number of amides is 1. The molecule has 1 N–H and O–H groups in total. The Morgan fingerprint density at radius 1 is 1.17 bits per heavy atom. The molecule has 0 radical (unpaired) electrons. The van der Waals surface area contributed by atoms with Crippen LogP contribution >= 0.6 is 15.9 Å². The quantitative estimate of drug-likeness (QED) is 0.819. The second kappa shape index (κ2) is 7.23. The first kappa shape index (κ1) is 16.1. The molecule has 1 aliphatic rings. The number of carbonyl (C=O) groups is 1.